The number of nitrogens with one attached hydrogen (secondary N) is 2. The van der Waals surface area contributed by atoms with Gasteiger partial charge in [0.2, 0.25) is 5.91 Å². The molecule has 1 aromatic rings. The molecule has 0 bridgehead atoms. The smallest absolute Gasteiger partial charge is 0.315 e. The Kier molecular flexibility index (Phi) is 6.89. The number of urea groups is 1. The van der Waals surface area contributed by atoms with Crippen molar-refractivity contribution in [3.8, 4) is 0 Å². The standard InChI is InChI=1S/C15H21N3O2/c1-3-10-16-15(20)17-11-9-14(19)18(2)12-13-7-5-4-6-8-13/h3-8H,1,9-12H2,2H3,(H2,16,17,20). The van der Waals surface area contributed by atoms with Crippen molar-refractivity contribution in [1.82, 2.24) is 15.5 Å². The molecule has 1 aromatic carbocycles. The first-order chi connectivity index (χ1) is 9.63. The van der Waals surface area contributed by atoms with Crippen LogP contribution in [0.3, 0.4) is 0 Å². The second-order valence-corrected chi connectivity index (χ2v) is 4.41. The van der Waals surface area contributed by atoms with Crippen LogP contribution in [0, 0.1) is 0 Å². The molecule has 0 aliphatic rings. The van der Waals surface area contributed by atoms with Gasteiger partial charge in [-0.15, -0.1) is 6.58 Å². The Bertz CT molecular complexity index is 446. The van der Waals surface area contributed by atoms with Crippen molar-refractivity contribution in [3.05, 3.63) is 48.6 Å². The molecule has 2 N–H and O–H groups in total. The highest BCUT2D eigenvalue weighted by Gasteiger charge is 2.09. The third-order valence-electron chi connectivity index (χ3n) is 2.72. The highest BCUT2D eigenvalue weighted by molar-refractivity contribution is 5.78. The van der Waals surface area contributed by atoms with Crippen LogP contribution in [0.25, 0.3) is 0 Å². The third kappa shape index (κ3) is 6.04. The Hall–Kier alpha value is -2.30. The molecule has 0 aliphatic carbocycles. The number of nitrogens with zero attached hydrogens (tertiary/aromatic N) is 1. The van der Waals surface area contributed by atoms with E-state index in [1.165, 1.54) is 0 Å². The van der Waals surface area contributed by atoms with Crippen LogP contribution in [0.2, 0.25) is 0 Å². The number of benzene rings is 1. The maximum Gasteiger partial charge on any atom is 0.315 e. The van der Waals surface area contributed by atoms with Crippen molar-refractivity contribution in [2.45, 2.75) is 13.0 Å². The van der Waals surface area contributed by atoms with Crippen molar-refractivity contribution in [3.63, 3.8) is 0 Å². The molecule has 0 unspecified atom stereocenters. The average molecular weight is 275 g/mol. The summed E-state index contributed by atoms with van der Waals surface area (Å²) in [6.45, 7) is 4.80. The van der Waals surface area contributed by atoms with Crippen LogP contribution in [0.5, 0.6) is 0 Å². The summed E-state index contributed by atoms with van der Waals surface area (Å²) in [5, 5.41) is 5.20. The Labute approximate surface area is 119 Å². The number of carbonyl (C=O) groups is 2. The molecule has 108 valence electrons. The van der Waals surface area contributed by atoms with E-state index in [-0.39, 0.29) is 18.4 Å². The molecular formula is C15H21N3O2. The van der Waals surface area contributed by atoms with E-state index in [0.717, 1.165) is 5.56 Å². The van der Waals surface area contributed by atoms with E-state index in [1.54, 1.807) is 18.0 Å². The maximum atomic E-state index is 11.9. The first kappa shape index (κ1) is 15.8. The number of hydrogen-bond acceptors (Lipinski definition) is 2. The van der Waals surface area contributed by atoms with Crippen LogP contribution in [0.15, 0.2) is 43.0 Å². The maximum absolute atomic E-state index is 11.9. The minimum absolute atomic E-state index is 0.00197. The SMILES string of the molecule is C=CCNC(=O)NCCC(=O)N(C)Cc1ccccc1. The molecule has 1 rings (SSSR count). The summed E-state index contributed by atoms with van der Waals surface area (Å²) < 4.78 is 0. The first-order valence-electron chi connectivity index (χ1n) is 6.54. The molecular weight excluding hydrogens is 254 g/mol. The van der Waals surface area contributed by atoms with Crippen molar-refractivity contribution in [1.29, 1.82) is 0 Å². The van der Waals surface area contributed by atoms with Gasteiger partial charge in [0.15, 0.2) is 0 Å². The number of carbonyl (C=O) groups excluding carboxylic acids is 2. The summed E-state index contributed by atoms with van der Waals surface area (Å²) in [6, 6.07) is 9.49. The lowest BCUT2D eigenvalue weighted by Crippen LogP contribution is -2.38. The molecule has 0 spiro atoms. The van der Waals surface area contributed by atoms with Gasteiger partial charge >= 0.3 is 6.03 Å². The number of rotatable bonds is 7. The van der Waals surface area contributed by atoms with E-state index in [2.05, 4.69) is 17.2 Å². The van der Waals surface area contributed by atoms with Gasteiger partial charge in [0.1, 0.15) is 0 Å². The Morgan fingerprint density at radius 1 is 1.25 bits per heavy atom. The van der Waals surface area contributed by atoms with Gasteiger partial charge in [0, 0.05) is 33.1 Å². The summed E-state index contributed by atoms with van der Waals surface area (Å²) in [4.78, 5) is 24.8. The molecule has 0 atom stereocenters. The van der Waals surface area contributed by atoms with Crippen molar-refractivity contribution >= 4 is 11.9 Å². The lowest BCUT2D eigenvalue weighted by atomic mass is 10.2. The van der Waals surface area contributed by atoms with Gasteiger partial charge in [-0.25, -0.2) is 4.79 Å². The zero-order valence-electron chi connectivity index (χ0n) is 11.8. The fourth-order valence-electron chi connectivity index (χ4n) is 1.65. The molecule has 0 radical (unpaired) electrons. The van der Waals surface area contributed by atoms with Crippen LogP contribution in [0.1, 0.15) is 12.0 Å². The minimum Gasteiger partial charge on any atom is -0.341 e. The van der Waals surface area contributed by atoms with E-state index < -0.39 is 0 Å². The molecule has 5 heteroatoms. The fraction of sp³-hybridized carbons (Fsp3) is 0.333. The molecule has 3 amide bonds. The van der Waals surface area contributed by atoms with Gasteiger partial charge in [-0.05, 0) is 5.56 Å². The van der Waals surface area contributed by atoms with Gasteiger partial charge in [-0.1, -0.05) is 36.4 Å². The van der Waals surface area contributed by atoms with E-state index in [4.69, 9.17) is 0 Å². The molecule has 20 heavy (non-hydrogen) atoms. The number of hydrogen-bond donors (Lipinski definition) is 2. The van der Waals surface area contributed by atoms with Crippen LogP contribution in [0.4, 0.5) is 4.79 Å². The van der Waals surface area contributed by atoms with Gasteiger partial charge in [-0.2, -0.15) is 0 Å². The minimum atomic E-state index is -0.289. The van der Waals surface area contributed by atoms with Crippen LogP contribution in [-0.2, 0) is 11.3 Å². The van der Waals surface area contributed by atoms with Crippen molar-refractivity contribution < 1.29 is 9.59 Å². The van der Waals surface area contributed by atoms with Gasteiger partial charge < -0.3 is 15.5 Å². The summed E-state index contributed by atoms with van der Waals surface area (Å²) >= 11 is 0. The second kappa shape index (κ2) is 8.74. The van der Waals surface area contributed by atoms with Gasteiger partial charge in [0.05, 0.1) is 0 Å². The van der Waals surface area contributed by atoms with Crippen LogP contribution < -0.4 is 10.6 Å². The average Bonchev–Trinajstić information content (AvgIpc) is 2.46. The Balaban J connectivity index is 2.25. The third-order valence-corrected chi connectivity index (χ3v) is 2.72. The largest absolute Gasteiger partial charge is 0.341 e. The highest BCUT2D eigenvalue weighted by atomic mass is 16.2. The first-order valence-corrected chi connectivity index (χ1v) is 6.54. The normalized spacial score (nSPS) is 9.65. The van der Waals surface area contributed by atoms with Crippen LogP contribution >= 0.6 is 0 Å². The van der Waals surface area contributed by atoms with Crippen molar-refractivity contribution in [2.75, 3.05) is 20.1 Å². The number of amides is 3. The summed E-state index contributed by atoms with van der Waals surface area (Å²) in [5.74, 6) is -0.00197. The molecule has 0 aliphatic heterocycles. The highest BCUT2D eigenvalue weighted by Crippen LogP contribution is 2.03. The zero-order chi connectivity index (χ0) is 14.8. The fourth-order valence-corrected chi connectivity index (χ4v) is 1.65. The van der Waals surface area contributed by atoms with Crippen LogP contribution in [-0.4, -0.2) is 37.0 Å². The monoisotopic (exact) mass is 275 g/mol. The predicted octanol–water partition coefficient (Wildman–Crippen LogP) is 1.52. The molecule has 0 saturated carbocycles. The van der Waals surface area contributed by atoms with Gasteiger partial charge in [-0.3, -0.25) is 4.79 Å². The lowest BCUT2D eigenvalue weighted by Gasteiger charge is -2.17. The summed E-state index contributed by atoms with van der Waals surface area (Å²) in [5.41, 5.74) is 1.08. The Morgan fingerprint density at radius 2 is 1.95 bits per heavy atom. The molecule has 0 fully saturated rings. The van der Waals surface area contributed by atoms with E-state index in [0.29, 0.717) is 19.6 Å². The second-order valence-electron chi connectivity index (χ2n) is 4.41. The lowest BCUT2D eigenvalue weighted by molar-refractivity contribution is -0.130. The molecule has 0 heterocycles. The topological polar surface area (TPSA) is 61.4 Å². The quantitative estimate of drug-likeness (QED) is 0.741. The molecule has 0 saturated heterocycles. The van der Waals surface area contributed by atoms with Gasteiger partial charge in [0.25, 0.3) is 0 Å². The molecule has 5 nitrogen and oxygen atoms in total. The molecule has 0 aromatic heterocycles. The predicted molar refractivity (Wildman–Crippen MR) is 79.1 cm³/mol. The van der Waals surface area contributed by atoms with E-state index >= 15 is 0 Å². The zero-order valence-corrected chi connectivity index (χ0v) is 11.8. The van der Waals surface area contributed by atoms with Crippen molar-refractivity contribution in [2.24, 2.45) is 0 Å². The summed E-state index contributed by atoms with van der Waals surface area (Å²) in [6.07, 6.45) is 1.88. The Morgan fingerprint density at radius 3 is 2.60 bits per heavy atom. The van der Waals surface area contributed by atoms with E-state index in [9.17, 15) is 9.59 Å². The summed E-state index contributed by atoms with van der Waals surface area (Å²) in [7, 11) is 1.76. The van der Waals surface area contributed by atoms with E-state index in [1.807, 2.05) is 30.3 Å².